The Morgan fingerprint density at radius 2 is 1.78 bits per heavy atom. The van der Waals surface area contributed by atoms with Crippen molar-refractivity contribution in [2.24, 2.45) is 0 Å². The predicted octanol–water partition coefficient (Wildman–Crippen LogP) is 5.87. The van der Waals surface area contributed by atoms with E-state index < -0.39 is 47.2 Å². The summed E-state index contributed by atoms with van der Waals surface area (Å²) >= 11 is 5.90. The molecule has 1 aromatic heterocycles. The van der Waals surface area contributed by atoms with Gasteiger partial charge in [0.05, 0.1) is 10.6 Å². The molecule has 2 heterocycles. The lowest BCUT2D eigenvalue weighted by atomic mass is 10.1. The van der Waals surface area contributed by atoms with Gasteiger partial charge in [-0.1, -0.05) is 11.6 Å². The number of hydrogen-bond acceptors (Lipinski definition) is 4. The lowest BCUT2D eigenvalue weighted by Gasteiger charge is -2.32. The van der Waals surface area contributed by atoms with Gasteiger partial charge in [-0.05, 0) is 70.2 Å². The molecule has 36 heavy (non-hydrogen) atoms. The molecular formula is C23H24ClF7N4O. The van der Waals surface area contributed by atoms with E-state index in [4.69, 9.17) is 11.6 Å². The number of carbonyl (C=O) groups excluding carboxylic acids is 1. The zero-order chi connectivity index (χ0) is 26.8. The van der Waals surface area contributed by atoms with Crippen molar-refractivity contribution in [3.63, 3.8) is 0 Å². The summed E-state index contributed by atoms with van der Waals surface area (Å²) in [6, 6.07) is 3.09. The fraction of sp³-hybridized carbons (Fsp3) is 0.478. The number of rotatable bonds is 7. The van der Waals surface area contributed by atoms with Crippen molar-refractivity contribution in [3.05, 3.63) is 52.4 Å². The molecule has 1 fully saturated rings. The molecule has 0 N–H and O–H groups in total. The van der Waals surface area contributed by atoms with Gasteiger partial charge in [-0.25, -0.2) is 9.37 Å². The van der Waals surface area contributed by atoms with Crippen LogP contribution in [0.5, 0.6) is 0 Å². The summed E-state index contributed by atoms with van der Waals surface area (Å²) in [4.78, 5) is 21.4. The molecule has 2 aromatic rings. The highest BCUT2D eigenvalue weighted by molar-refractivity contribution is 6.31. The first kappa shape index (κ1) is 28.0. The zero-order valence-corrected chi connectivity index (χ0v) is 20.2. The molecule has 1 amide bonds. The average molecular weight is 541 g/mol. The third kappa shape index (κ3) is 6.58. The van der Waals surface area contributed by atoms with Gasteiger partial charge in [-0.2, -0.15) is 26.3 Å². The minimum atomic E-state index is -5.11. The van der Waals surface area contributed by atoms with Crippen molar-refractivity contribution in [2.45, 2.75) is 37.7 Å². The topological polar surface area (TPSA) is 39.7 Å². The molecule has 0 saturated carbocycles. The monoisotopic (exact) mass is 540 g/mol. The summed E-state index contributed by atoms with van der Waals surface area (Å²) in [5.74, 6) is -1.84. The Morgan fingerprint density at radius 1 is 1.08 bits per heavy atom. The number of halogens is 8. The molecule has 1 atom stereocenters. The van der Waals surface area contributed by atoms with Gasteiger partial charge < -0.3 is 14.7 Å². The Bertz CT molecular complexity index is 1060. The molecule has 198 valence electrons. The van der Waals surface area contributed by atoms with Gasteiger partial charge in [-0.15, -0.1) is 0 Å². The van der Waals surface area contributed by atoms with E-state index in [0.717, 1.165) is 11.0 Å². The van der Waals surface area contributed by atoms with Crippen molar-refractivity contribution in [2.75, 3.05) is 43.5 Å². The van der Waals surface area contributed by atoms with Crippen LogP contribution in [-0.2, 0) is 17.1 Å². The lowest BCUT2D eigenvalue weighted by Crippen LogP contribution is -2.47. The Hall–Kier alpha value is -2.60. The Morgan fingerprint density at radius 3 is 2.36 bits per heavy atom. The van der Waals surface area contributed by atoms with Crippen LogP contribution in [0, 0.1) is 5.82 Å². The number of carbonyl (C=O) groups is 1. The molecule has 3 rings (SSSR count). The van der Waals surface area contributed by atoms with E-state index >= 15 is 0 Å². The second-order valence-electron chi connectivity index (χ2n) is 8.69. The van der Waals surface area contributed by atoms with Crippen molar-refractivity contribution >= 4 is 29.0 Å². The number of nitrogens with zero attached hydrogens (tertiary/aromatic N) is 4. The van der Waals surface area contributed by atoms with Crippen LogP contribution < -0.4 is 9.80 Å². The Kier molecular flexibility index (Phi) is 8.39. The minimum Gasteiger partial charge on any atom is -0.345 e. The quantitative estimate of drug-likeness (QED) is 0.412. The Labute approximate surface area is 208 Å². The summed E-state index contributed by atoms with van der Waals surface area (Å²) in [6.45, 7) is 0.808. The number of aromatic nitrogens is 1. The van der Waals surface area contributed by atoms with Crippen molar-refractivity contribution in [1.29, 1.82) is 0 Å². The molecule has 0 unspecified atom stereocenters. The first-order chi connectivity index (χ1) is 16.7. The third-order valence-corrected chi connectivity index (χ3v) is 6.02. The van der Waals surface area contributed by atoms with E-state index in [1.807, 2.05) is 19.0 Å². The second-order valence-corrected chi connectivity index (χ2v) is 9.10. The number of amides is 1. The third-order valence-electron chi connectivity index (χ3n) is 5.73. The zero-order valence-electron chi connectivity index (χ0n) is 19.4. The van der Waals surface area contributed by atoms with Crippen LogP contribution in [0.15, 0.2) is 30.3 Å². The van der Waals surface area contributed by atoms with Crippen LogP contribution in [0.1, 0.15) is 30.5 Å². The maximum atomic E-state index is 13.7. The van der Waals surface area contributed by atoms with E-state index in [2.05, 4.69) is 4.98 Å². The molecule has 1 aliphatic heterocycles. The van der Waals surface area contributed by atoms with Crippen molar-refractivity contribution < 1.29 is 35.5 Å². The number of anilines is 2. The maximum absolute atomic E-state index is 13.7. The second kappa shape index (κ2) is 10.8. The molecule has 13 heteroatoms. The predicted molar refractivity (Wildman–Crippen MR) is 122 cm³/mol. The van der Waals surface area contributed by atoms with Crippen molar-refractivity contribution in [3.8, 4) is 0 Å². The first-order valence-electron chi connectivity index (χ1n) is 11.0. The van der Waals surface area contributed by atoms with Crippen LogP contribution in [0.4, 0.5) is 42.2 Å². The minimum absolute atomic E-state index is 0.0394. The molecule has 0 aliphatic carbocycles. The fourth-order valence-electron chi connectivity index (χ4n) is 4.01. The van der Waals surface area contributed by atoms with Gasteiger partial charge in [-0.3, -0.25) is 4.79 Å². The summed E-state index contributed by atoms with van der Waals surface area (Å²) in [6.07, 6.45) is -9.11. The maximum Gasteiger partial charge on any atom is 0.433 e. The van der Waals surface area contributed by atoms with E-state index in [9.17, 15) is 35.5 Å². The highest BCUT2D eigenvalue weighted by Crippen LogP contribution is 2.38. The van der Waals surface area contributed by atoms with Gasteiger partial charge in [0.1, 0.15) is 23.4 Å². The van der Waals surface area contributed by atoms with E-state index in [1.54, 1.807) is 0 Å². The summed E-state index contributed by atoms with van der Waals surface area (Å²) in [5, 5.41) is -0.226. The highest BCUT2D eigenvalue weighted by Gasteiger charge is 2.41. The largest absolute Gasteiger partial charge is 0.433 e. The summed E-state index contributed by atoms with van der Waals surface area (Å²) in [5.41, 5.74) is -2.94. The van der Waals surface area contributed by atoms with Crippen LogP contribution in [0.2, 0.25) is 5.02 Å². The molecule has 1 aromatic carbocycles. The van der Waals surface area contributed by atoms with Crippen LogP contribution >= 0.6 is 11.6 Å². The molecule has 0 spiro atoms. The summed E-state index contributed by atoms with van der Waals surface area (Å²) < 4.78 is 93.8. The van der Waals surface area contributed by atoms with Gasteiger partial charge in [0.25, 0.3) is 0 Å². The Balaban J connectivity index is 1.99. The van der Waals surface area contributed by atoms with Crippen LogP contribution in [-0.4, -0.2) is 55.6 Å². The average Bonchev–Trinajstić information content (AvgIpc) is 3.27. The molecule has 0 radical (unpaired) electrons. The highest BCUT2D eigenvalue weighted by atomic mass is 35.5. The standard InChI is InChI=1S/C23H24ClF7N4O/c1-33(2)8-4-10-34(15-6-7-17(25)16(24)13-15)21(36)18-5-3-9-35(18)20-12-14(22(26,27)28)11-19(32-20)23(29,30)31/h6-7,11-13,18H,3-5,8-10H2,1-2H3/t18-/m0/s1. The molecule has 0 bridgehead atoms. The fourth-order valence-corrected chi connectivity index (χ4v) is 4.19. The lowest BCUT2D eigenvalue weighted by molar-refractivity contribution is -0.145. The normalized spacial score (nSPS) is 16.6. The number of hydrogen-bond donors (Lipinski definition) is 0. The van der Waals surface area contributed by atoms with Gasteiger partial charge in [0.15, 0.2) is 0 Å². The first-order valence-corrected chi connectivity index (χ1v) is 11.4. The molecule has 5 nitrogen and oxygen atoms in total. The van der Waals surface area contributed by atoms with Gasteiger partial charge in [0, 0.05) is 18.8 Å². The van der Waals surface area contributed by atoms with Crippen LogP contribution in [0.3, 0.4) is 0 Å². The van der Waals surface area contributed by atoms with Crippen molar-refractivity contribution in [1.82, 2.24) is 9.88 Å². The van der Waals surface area contributed by atoms with Gasteiger partial charge in [0.2, 0.25) is 5.91 Å². The number of alkyl halides is 6. The molecule has 1 aliphatic rings. The van der Waals surface area contributed by atoms with E-state index in [1.165, 1.54) is 17.0 Å². The van der Waals surface area contributed by atoms with Crippen LogP contribution in [0.25, 0.3) is 0 Å². The summed E-state index contributed by atoms with van der Waals surface area (Å²) in [7, 11) is 3.66. The van der Waals surface area contributed by atoms with E-state index in [-0.39, 0.29) is 36.3 Å². The SMILES string of the molecule is CN(C)CCCN(C(=O)[C@@H]1CCCN1c1cc(C(F)(F)F)cc(C(F)(F)F)n1)c1ccc(F)c(Cl)c1. The number of pyridine rings is 1. The van der Waals surface area contributed by atoms with E-state index in [0.29, 0.717) is 25.5 Å². The molecular weight excluding hydrogens is 517 g/mol. The molecule has 1 saturated heterocycles. The number of benzene rings is 1. The smallest absolute Gasteiger partial charge is 0.345 e. The van der Waals surface area contributed by atoms with Gasteiger partial charge >= 0.3 is 12.4 Å².